The number of hydrogen-bond acceptors (Lipinski definition) is 4. The van der Waals surface area contributed by atoms with Crippen molar-refractivity contribution in [2.24, 2.45) is 0 Å². The summed E-state index contributed by atoms with van der Waals surface area (Å²) in [5.41, 5.74) is 7.00. The van der Waals surface area contributed by atoms with Crippen LogP contribution in [0.25, 0.3) is 33.3 Å². The fourth-order valence-electron chi connectivity index (χ4n) is 5.23. The van der Waals surface area contributed by atoms with Crippen LogP contribution in [-0.2, 0) is 6.54 Å². The zero-order chi connectivity index (χ0) is 27.5. The van der Waals surface area contributed by atoms with Crippen molar-refractivity contribution in [1.82, 2.24) is 14.8 Å². The fraction of sp³-hybridized carbons (Fsp3) is 0.147. The van der Waals surface area contributed by atoms with Crippen LogP contribution in [0.1, 0.15) is 15.9 Å². The highest BCUT2D eigenvalue weighted by atomic mass is 16.3. The molecule has 4 aromatic carbocycles. The number of fused-ring (bicyclic) bond motifs is 1. The molecule has 40 heavy (non-hydrogen) atoms. The van der Waals surface area contributed by atoms with Crippen molar-refractivity contribution in [2.45, 2.75) is 6.54 Å². The Morgan fingerprint density at radius 3 is 2.40 bits per heavy atom. The maximum absolute atomic E-state index is 13.1. The first-order valence-corrected chi connectivity index (χ1v) is 13.6. The Morgan fingerprint density at radius 1 is 0.875 bits per heavy atom. The van der Waals surface area contributed by atoms with E-state index in [0.717, 1.165) is 66.1 Å². The number of aromatic hydroxyl groups is 1. The molecule has 0 bridgehead atoms. The van der Waals surface area contributed by atoms with Crippen molar-refractivity contribution in [2.75, 3.05) is 31.5 Å². The lowest BCUT2D eigenvalue weighted by Gasteiger charge is -2.33. The van der Waals surface area contributed by atoms with Gasteiger partial charge in [0.15, 0.2) is 0 Å². The minimum atomic E-state index is -0.166. The molecule has 6 nitrogen and oxygen atoms in total. The summed E-state index contributed by atoms with van der Waals surface area (Å²) in [6.07, 6.45) is 1.91. The van der Waals surface area contributed by atoms with E-state index in [2.05, 4.69) is 38.8 Å². The molecule has 0 saturated carbocycles. The lowest BCUT2D eigenvalue weighted by Crippen LogP contribution is -2.43. The van der Waals surface area contributed by atoms with Gasteiger partial charge in [-0.25, -0.2) is 0 Å². The van der Waals surface area contributed by atoms with Gasteiger partial charge in [-0.05, 0) is 65.4 Å². The minimum Gasteiger partial charge on any atom is -0.507 e. The molecule has 1 aliphatic heterocycles. The molecule has 2 heterocycles. The number of piperazine rings is 1. The van der Waals surface area contributed by atoms with Crippen LogP contribution < -0.4 is 5.32 Å². The first-order chi connectivity index (χ1) is 19.6. The Labute approximate surface area is 234 Å². The van der Waals surface area contributed by atoms with Gasteiger partial charge in [0.25, 0.3) is 5.91 Å². The van der Waals surface area contributed by atoms with E-state index in [1.165, 1.54) is 5.56 Å². The lowest BCUT2D eigenvalue weighted by atomic mass is 10.0. The number of phenolic OH excluding ortho intramolecular Hbond substituents is 1. The number of amides is 1. The molecular weight excluding hydrogens is 496 g/mol. The quantitative estimate of drug-likeness (QED) is 0.219. The Morgan fingerprint density at radius 2 is 1.65 bits per heavy atom. The number of rotatable bonds is 7. The topological polar surface area (TPSA) is 71.6 Å². The van der Waals surface area contributed by atoms with Gasteiger partial charge in [0, 0.05) is 60.4 Å². The highest BCUT2D eigenvalue weighted by molar-refractivity contribution is 6.06. The van der Waals surface area contributed by atoms with Gasteiger partial charge in [-0.2, -0.15) is 0 Å². The molecule has 6 heteroatoms. The molecule has 0 aliphatic carbocycles. The Kier molecular flexibility index (Phi) is 7.08. The molecule has 5 aromatic rings. The minimum absolute atomic E-state index is 0.166. The lowest BCUT2D eigenvalue weighted by molar-refractivity contribution is 0.102. The van der Waals surface area contributed by atoms with Crippen LogP contribution in [0.3, 0.4) is 0 Å². The third-order valence-corrected chi connectivity index (χ3v) is 7.56. The number of benzene rings is 4. The first-order valence-electron chi connectivity index (χ1n) is 13.6. The van der Waals surface area contributed by atoms with E-state index in [0.29, 0.717) is 11.1 Å². The van der Waals surface area contributed by atoms with Crippen molar-refractivity contribution in [3.63, 3.8) is 0 Å². The summed E-state index contributed by atoms with van der Waals surface area (Å²) in [6.45, 7) is 8.80. The number of hydrogen-bond donors (Lipinski definition) is 3. The van der Waals surface area contributed by atoms with Crippen molar-refractivity contribution in [3.05, 3.63) is 121 Å². The van der Waals surface area contributed by atoms with E-state index in [1.54, 1.807) is 6.07 Å². The van der Waals surface area contributed by atoms with Crippen LogP contribution in [-0.4, -0.2) is 52.0 Å². The van der Waals surface area contributed by atoms with Crippen LogP contribution >= 0.6 is 0 Å². The largest absolute Gasteiger partial charge is 0.507 e. The Hall–Kier alpha value is -4.81. The molecule has 1 amide bonds. The molecule has 0 unspecified atom stereocenters. The van der Waals surface area contributed by atoms with Gasteiger partial charge in [-0.1, -0.05) is 61.2 Å². The molecule has 1 aliphatic rings. The number of carbonyl (C=O) groups is 1. The van der Waals surface area contributed by atoms with Gasteiger partial charge in [-0.3, -0.25) is 9.69 Å². The maximum atomic E-state index is 13.1. The summed E-state index contributed by atoms with van der Waals surface area (Å²) in [5, 5.41) is 14.6. The summed E-state index contributed by atoms with van der Waals surface area (Å²) in [6, 6.07) is 31.4. The second-order valence-electron chi connectivity index (χ2n) is 10.2. The number of H-pyrrole nitrogens is 1. The SMILES string of the molecule is C=CN1CCN(Cc2ccc(NC(=O)c3ccc4cc(-c5cc(-c6ccccc6)ccc5O)[nH]c4c3)cc2)CC1. The summed E-state index contributed by atoms with van der Waals surface area (Å²) >= 11 is 0. The Bertz CT molecular complexity index is 1650. The van der Waals surface area contributed by atoms with Crippen molar-refractivity contribution in [1.29, 1.82) is 0 Å². The number of carbonyl (C=O) groups excluding carboxylic acids is 1. The highest BCUT2D eigenvalue weighted by Gasteiger charge is 2.15. The molecule has 3 N–H and O–H groups in total. The van der Waals surface area contributed by atoms with Crippen LogP contribution in [0.5, 0.6) is 5.75 Å². The average molecular weight is 529 g/mol. The van der Waals surface area contributed by atoms with E-state index < -0.39 is 0 Å². The van der Waals surface area contributed by atoms with Gasteiger partial charge in [-0.15, -0.1) is 0 Å². The molecular formula is C34H32N4O2. The van der Waals surface area contributed by atoms with E-state index in [4.69, 9.17) is 0 Å². The summed E-state index contributed by atoms with van der Waals surface area (Å²) in [7, 11) is 0. The third-order valence-electron chi connectivity index (χ3n) is 7.56. The van der Waals surface area contributed by atoms with E-state index in [9.17, 15) is 9.90 Å². The zero-order valence-corrected chi connectivity index (χ0v) is 22.3. The Balaban J connectivity index is 1.15. The number of phenols is 1. The molecule has 1 saturated heterocycles. The monoisotopic (exact) mass is 528 g/mol. The summed E-state index contributed by atoms with van der Waals surface area (Å²) in [5.74, 6) is 0.0342. The average Bonchev–Trinajstić information content (AvgIpc) is 3.42. The molecule has 0 atom stereocenters. The van der Waals surface area contributed by atoms with Gasteiger partial charge >= 0.3 is 0 Å². The first kappa shape index (κ1) is 25.5. The second kappa shape index (κ2) is 11.1. The fourth-order valence-corrected chi connectivity index (χ4v) is 5.23. The van der Waals surface area contributed by atoms with Gasteiger partial charge < -0.3 is 20.3 Å². The second-order valence-corrected chi connectivity index (χ2v) is 10.2. The molecule has 200 valence electrons. The molecule has 0 radical (unpaired) electrons. The highest BCUT2D eigenvalue weighted by Crippen LogP contribution is 2.35. The normalized spacial score (nSPS) is 13.8. The van der Waals surface area contributed by atoms with Crippen LogP contribution in [0.4, 0.5) is 5.69 Å². The predicted octanol–water partition coefficient (Wildman–Crippen LogP) is 6.72. The standard InChI is InChI=1S/C34H32N4O2/c1-2-37-16-18-38(19-17-37)23-24-8-13-29(14-9-24)35-34(40)28-11-10-27-21-32(36-31(27)22-28)30-20-26(12-15-33(30)39)25-6-4-3-5-7-25/h2-15,20-22,36,39H,1,16-19,23H2,(H,35,40). The smallest absolute Gasteiger partial charge is 0.255 e. The van der Waals surface area contributed by atoms with E-state index >= 15 is 0 Å². The molecule has 0 spiro atoms. The van der Waals surface area contributed by atoms with Crippen molar-refractivity contribution in [3.8, 4) is 28.1 Å². The number of nitrogens with one attached hydrogen (secondary N) is 2. The molecule has 6 rings (SSSR count). The number of aromatic amines is 1. The van der Waals surface area contributed by atoms with Crippen molar-refractivity contribution < 1.29 is 9.90 Å². The molecule has 1 fully saturated rings. The van der Waals surface area contributed by atoms with Gasteiger partial charge in [0.2, 0.25) is 0 Å². The predicted molar refractivity (Wildman–Crippen MR) is 162 cm³/mol. The molecule has 1 aromatic heterocycles. The number of anilines is 1. The van der Waals surface area contributed by atoms with Crippen LogP contribution in [0, 0.1) is 0 Å². The van der Waals surface area contributed by atoms with Gasteiger partial charge in [0.1, 0.15) is 5.75 Å². The van der Waals surface area contributed by atoms with Gasteiger partial charge in [0.05, 0.1) is 5.69 Å². The van der Waals surface area contributed by atoms with Crippen LogP contribution in [0.2, 0.25) is 0 Å². The van der Waals surface area contributed by atoms with E-state index in [1.807, 2.05) is 85.1 Å². The van der Waals surface area contributed by atoms with Crippen molar-refractivity contribution >= 4 is 22.5 Å². The van der Waals surface area contributed by atoms with Crippen LogP contribution in [0.15, 0.2) is 110 Å². The maximum Gasteiger partial charge on any atom is 0.255 e. The number of nitrogens with zero attached hydrogens (tertiary/aromatic N) is 2. The zero-order valence-electron chi connectivity index (χ0n) is 22.3. The third kappa shape index (κ3) is 5.48. The summed E-state index contributed by atoms with van der Waals surface area (Å²) in [4.78, 5) is 21.1. The summed E-state index contributed by atoms with van der Waals surface area (Å²) < 4.78 is 0. The number of aromatic nitrogens is 1. The van der Waals surface area contributed by atoms with E-state index in [-0.39, 0.29) is 11.7 Å².